The van der Waals surface area contributed by atoms with Crippen molar-refractivity contribution >= 4 is 100 Å². The van der Waals surface area contributed by atoms with E-state index in [9.17, 15) is 0 Å². The zero-order chi connectivity index (χ0) is 43.6. The van der Waals surface area contributed by atoms with E-state index < -0.39 is 20.9 Å². The van der Waals surface area contributed by atoms with Gasteiger partial charge in [0, 0.05) is 94.5 Å². The van der Waals surface area contributed by atoms with Gasteiger partial charge in [-0.1, -0.05) is 118 Å². The van der Waals surface area contributed by atoms with Gasteiger partial charge in [0.2, 0.25) is 0 Å². The van der Waals surface area contributed by atoms with E-state index in [1.54, 1.807) is 0 Å². The Balaban J connectivity index is 2.66. The van der Waals surface area contributed by atoms with Gasteiger partial charge in [0.25, 0.3) is 0 Å². The van der Waals surface area contributed by atoms with Crippen LogP contribution in [-0.4, -0.2) is 105 Å². The summed E-state index contributed by atoms with van der Waals surface area (Å²) in [6, 6.07) is 22.1. The maximum Gasteiger partial charge on any atom is 0.0797 e. The topological polar surface area (TPSA) is 22.7 Å². The summed E-state index contributed by atoms with van der Waals surface area (Å²) in [5, 5.41) is 4.33. The normalized spacial score (nSPS) is 12.4. The highest BCUT2D eigenvalue weighted by Crippen LogP contribution is 2.66. The first-order valence-corrected chi connectivity index (χ1v) is 31.6. The summed E-state index contributed by atoms with van der Waals surface area (Å²) in [6.45, 7) is 46.8. The molecule has 332 valence electrons. The molecule has 0 aromatic heterocycles. The predicted molar refractivity (Wildman–Crippen MR) is 283 cm³/mol. The quantitative estimate of drug-likeness (QED) is 0.0514. The molecule has 0 bridgehead atoms. The van der Waals surface area contributed by atoms with Gasteiger partial charge in [0.15, 0.2) is 0 Å². The van der Waals surface area contributed by atoms with E-state index in [0.717, 1.165) is 78.5 Å². The fraction of sp³-hybridized carbons (Fsp3) is 0.600. The van der Waals surface area contributed by atoms with Crippen molar-refractivity contribution in [2.45, 2.75) is 104 Å². The van der Waals surface area contributed by atoms with Gasteiger partial charge < -0.3 is 4.90 Å². The number of aryl methyl sites for hydroxylation is 3. The summed E-state index contributed by atoms with van der Waals surface area (Å²) in [6.07, 6.45) is -1.48. The Morgan fingerprint density at radius 3 is 0.864 bits per heavy atom. The number of hydrogen-bond acceptors (Lipinski definition) is 11. The Morgan fingerprint density at radius 2 is 0.610 bits per heavy atom. The molecule has 3 rings (SSSR count). The third kappa shape index (κ3) is 14.7. The van der Waals surface area contributed by atoms with Crippen molar-refractivity contribution in [1.29, 1.82) is 0 Å². The summed E-state index contributed by atoms with van der Waals surface area (Å²) in [4.78, 5) is 2.74. The largest absolute Gasteiger partial charge is 0.308 e. The molecule has 0 aliphatic heterocycles. The fourth-order valence-corrected chi connectivity index (χ4v) is 25.2. The van der Waals surface area contributed by atoms with Crippen LogP contribution in [0.2, 0.25) is 0 Å². The lowest BCUT2D eigenvalue weighted by Crippen LogP contribution is -2.36. The van der Waals surface area contributed by atoms with Gasteiger partial charge in [-0.15, -0.1) is 0 Å². The zero-order valence-electron chi connectivity index (χ0n) is 39.3. The molecule has 59 heavy (non-hydrogen) atoms. The van der Waals surface area contributed by atoms with Crippen molar-refractivity contribution in [3.8, 4) is 0 Å². The molecule has 0 saturated carbocycles. The molecule has 0 heterocycles. The van der Waals surface area contributed by atoms with Crippen LogP contribution in [-0.2, 0) is 0 Å². The van der Waals surface area contributed by atoms with Crippen molar-refractivity contribution in [3.05, 3.63) is 71.3 Å². The second-order valence-corrected chi connectivity index (χ2v) is 28.8. The third-order valence-electron chi connectivity index (χ3n) is 10.3. The van der Waals surface area contributed by atoms with Crippen LogP contribution in [0, 0.1) is 20.8 Å². The van der Waals surface area contributed by atoms with E-state index in [1.807, 2.05) is 0 Å². The minimum atomic E-state index is -0.791. The standard InChI is InChI=1S/C45H78N7P3S4/c1-16-46(17-2)53(47(18-3)19-4)43-34-37(13)28-31-40(43)52(41-32-29-38(14)35-44(41)54(56-48(20-5)21-6)57-49(22-7)23-8)42-33-30-39(15)36-45(42)55(58-50(24-9)25-10)59-51(26-11)27-12/h28-36H,16-27H2,1-15H3. The Bertz CT molecular complexity index is 1530. The van der Waals surface area contributed by atoms with E-state index >= 15 is 0 Å². The van der Waals surface area contributed by atoms with Crippen LogP contribution in [0.4, 0.5) is 17.1 Å². The monoisotopic (exact) mass is 937 g/mol. The molecular weight excluding hydrogens is 860 g/mol. The zero-order valence-corrected chi connectivity index (χ0v) is 45.2. The first-order chi connectivity index (χ1) is 28.4. The minimum Gasteiger partial charge on any atom is -0.308 e. The van der Waals surface area contributed by atoms with Crippen molar-refractivity contribution in [3.63, 3.8) is 0 Å². The molecule has 0 fully saturated rings. The van der Waals surface area contributed by atoms with E-state index in [2.05, 4.69) is 236 Å². The Labute approximate surface area is 382 Å². The maximum absolute atomic E-state index is 2.74. The van der Waals surface area contributed by atoms with Crippen LogP contribution < -0.4 is 20.8 Å². The van der Waals surface area contributed by atoms with Crippen molar-refractivity contribution in [2.75, 3.05) is 83.4 Å². The summed E-state index contributed by atoms with van der Waals surface area (Å²) < 4.78 is 15.7. The molecular formula is C45H78N7P3S4. The Hall–Kier alpha value is -0.0900. The highest BCUT2D eigenvalue weighted by Gasteiger charge is 2.34. The lowest BCUT2D eigenvalue weighted by atomic mass is 10.1. The van der Waals surface area contributed by atoms with Crippen molar-refractivity contribution < 1.29 is 0 Å². The van der Waals surface area contributed by atoms with Gasteiger partial charge in [-0.25, -0.2) is 17.2 Å². The van der Waals surface area contributed by atoms with Gasteiger partial charge >= 0.3 is 0 Å². The summed E-state index contributed by atoms with van der Waals surface area (Å²) >= 11 is 8.30. The second kappa shape index (κ2) is 28.0. The van der Waals surface area contributed by atoms with Crippen LogP contribution in [0.1, 0.15) is 99.8 Å². The van der Waals surface area contributed by atoms with E-state index in [1.165, 1.54) is 49.7 Å². The van der Waals surface area contributed by atoms with E-state index in [-0.39, 0.29) is 0 Å². The average Bonchev–Trinajstić information content (AvgIpc) is 3.25. The highest BCUT2D eigenvalue weighted by atomic mass is 33.1. The maximum atomic E-state index is 2.74. The molecule has 3 aromatic carbocycles. The molecule has 3 aromatic rings. The minimum absolute atomic E-state index is 0.740. The van der Waals surface area contributed by atoms with Crippen LogP contribution in [0.5, 0.6) is 0 Å². The average molecular weight is 938 g/mol. The number of nitrogens with zero attached hydrogens (tertiary/aromatic N) is 7. The molecule has 0 unspecified atom stereocenters. The van der Waals surface area contributed by atoms with Crippen molar-refractivity contribution in [2.24, 2.45) is 0 Å². The fourth-order valence-electron chi connectivity index (χ4n) is 6.76. The first-order valence-electron chi connectivity index (χ1n) is 22.2. The molecule has 0 spiro atoms. The lowest BCUT2D eigenvalue weighted by molar-refractivity contribution is 0.430. The van der Waals surface area contributed by atoms with Crippen molar-refractivity contribution in [1.82, 2.24) is 26.6 Å². The molecule has 0 aliphatic rings. The van der Waals surface area contributed by atoms with Gasteiger partial charge in [-0.05, 0) is 103 Å². The molecule has 14 heteroatoms. The van der Waals surface area contributed by atoms with E-state index in [0.29, 0.717) is 0 Å². The summed E-state index contributed by atoms with van der Waals surface area (Å²) in [5.74, 6) is 0. The number of rotatable bonds is 28. The molecule has 7 nitrogen and oxygen atoms in total. The Morgan fingerprint density at radius 1 is 0.356 bits per heavy atom. The smallest absolute Gasteiger partial charge is 0.0797 e. The number of anilines is 3. The summed E-state index contributed by atoms with van der Waals surface area (Å²) in [7, 11) is -0.791. The highest BCUT2D eigenvalue weighted by molar-refractivity contribution is 8.89. The molecule has 0 radical (unpaired) electrons. The molecule has 0 saturated heterocycles. The van der Waals surface area contributed by atoms with Crippen LogP contribution >= 0.6 is 67.1 Å². The first kappa shape index (κ1) is 53.2. The lowest BCUT2D eigenvalue weighted by Gasteiger charge is -2.41. The SMILES string of the molecule is CCN(CC)SP(SN(CC)CC)c1cc(C)ccc1N(c1ccc(C)cc1P(SN(CC)CC)SN(CC)CC)c1ccc(C)cc1P(N(CC)CC)N(CC)CC. The molecule has 0 aliphatic carbocycles. The Kier molecular flexibility index (Phi) is 25.2. The predicted octanol–water partition coefficient (Wildman–Crippen LogP) is 13.5. The number of hydrogen-bond donors (Lipinski definition) is 0. The van der Waals surface area contributed by atoms with Gasteiger partial charge in [0.05, 0.1) is 37.9 Å². The summed E-state index contributed by atoms with van der Waals surface area (Å²) in [5.41, 5.74) is 7.87. The third-order valence-corrected chi connectivity index (χ3v) is 27.7. The van der Waals surface area contributed by atoms with Gasteiger partial charge in [-0.2, -0.15) is 0 Å². The number of benzene rings is 3. The van der Waals surface area contributed by atoms with Crippen LogP contribution in [0.3, 0.4) is 0 Å². The second-order valence-electron chi connectivity index (χ2n) is 14.2. The van der Waals surface area contributed by atoms with E-state index in [4.69, 9.17) is 0 Å². The van der Waals surface area contributed by atoms with Gasteiger partial charge in [0.1, 0.15) is 0 Å². The molecule has 0 amide bonds. The molecule has 0 N–H and O–H groups in total. The van der Waals surface area contributed by atoms with Crippen LogP contribution in [0.15, 0.2) is 54.6 Å². The van der Waals surface area contributed by atoms with Gasteiger partial charge in [-0.3, -0.25) is 9.34 Å². The molecule has 0 atom stereocenters. The van der Waals surface area contributed by atoms with Crippen LogP contribution in [0.25, 0.3) is 0 Å².